The van der Waals surface area contributed by atoms with E-state index < -0.39 is 0 Å². The zero-order valence-electron chi connectivity index (χ0n) is 16.2. The molecule has 1 atom stereocenters. The first-order chi connectivity index (χ1) is 13.1. The molecule has 1 aliphatic rings. The van der Waals surface area contributed by atoms with Gasteiger partial charge in [-0.1, -0.05) is 42.0 Å². The van der Waals surface area contributed by atoms with Gasteiger partial charge in [-0.3, -0.25) is 4.79 Å². The van der Waals surface area contributed by atoms with Crippen molar-refractivity contribution in [1.29, 1.82) is 0 Å². The molecule has 0 radical (unpaired) electrons. The Labute approximate surface area is 161 Å². The number of aryl methyl sites for hydroxylation is 1. The number of allylic oxidation sites excluding steroid dienone is 1. The highest BCUT2D eigenvalue weighted by molar-refractivity contribution is 5.92. The number of amides is 1. The molecule has 1 heterocycles. The van der Waals surface area contributed by atoms with Crippen LogP contribution in [0.25, 0.3) is 0 Å². The number of hydrogen-bond donors (Lipinski definition) is 2. The average molecular weight is 364 g/mol. The van der Waals surface area contributed by atoms with Gasteiger partial charge < -0.3 is 10.6 Å². The summed E-state index contributed by atoms with van der Waals surface area (Å²) in [6.45, 7) is 4.53. The quantitative estimate of drug-likeness (QED) is 0.706. The first-order valence-electron chi connectivity index (χ1n) is 9.75. The molecular weight excluding hydrogens is 336 g/mol. The van der Waals surface area contributed by atoms with Crippen LogP contribution in [0, 0.1) is 6.92 Å². The number of anilines is 1. The summed E-state index contributed by atoms with van der Waals surface area (Å²) in [5, 5.41) is 6.35. The second-order valence-corrected chi connectivity index (χ2v) is 7.08. The standard InChI is InChI=1S/C22H28N4O/c1-16(19-11-7-4-8-12-19)24-21-15-20(25-17(2)26-21)22(27)23-14-13-18-9-5-3-6-10-18/h4,7-9,11-12,15-16H,3,5-6,10,13-14H2,1-2H3,(H,23,27)(H,24,25,26). The molecule has 1 aromatic heterocycles. The lowest BCUT2D eigenvalue weighted by molar-refractivity contribution is 0.0948. The van der Waals surface area contributed by atoms with Gasteiger partial charge in [0.15, 0.2) is 0 Å². The predicted molar refractivity (Wildman–Crippen MR) is 109 cm³/mol. The van der Waals surface area contributed by atoms with Crippen molar-refractivity contribution in [2.75, 3.05) is 11.9 Å². The molecular formula is C22H28N4O. The Hall–Kier alpha value is -2.69. The van der Waals surface area contributed by atoms with E-state index in [1.165, 1.54) is 30.4 Å². The van der Waals surface area contributed by atoms with Crippen LogP contribution in [-0.2, 0) is 0 Å². The third-order valence-corrected chi connectivity index (χ3v) is 4.85. The lowest BCUT2D eigenvalue weighted by Crippen LogP contribution is -2.26. The zero-order valence-corrected chi connectivity index (χ0v) is 16.2. The number of carbonyl (C=O) groups is 1. The summed E-state index contributed by atoms with van der Waals surface area (Å²) in [7, 11) is 0. The van der Waals surface area contributed by atoms with Gasteiger partial charge in [-0.05, 0) is 51.5 Å². The van der Waals surface area contributed by atoms with Crippen molar-refractivity contribution in [3.63, 3.8) is 0 Å². The topological polar surface area (TPSA) is 66.9 Å². The molecule has 3 rings (SSSR count). The maximum Gasteiger partial charge on any atom is 0.270 e. The SMILES string of the molecule is Cc1nc(NC(C)c2ccccc2)cc(C(=O)NCCC2=CCCCC2)n1. The number of nitrogens with one attached hydrogen (secondary N) is 2. The van der Waals surface area contributed by atoms with E-state index in [9.17, 15) is 4.79 Å². The minimum Gasteiger partial charge on any atom is -0.363 e. The molecule has 2 aromatic rings. The van der Waals surface area contributed by atoms with Crippen molar-refractivity contribution in [3.05, 3.63) is 65.1 Å². The van der Waals surface area contributed by atoms with Crippen LogP contribution in [0.5, 0.6) is 0 Å². The van der Waals surface area contributed by atoms with E-state index in [1.807, 2.05) is 25.1 Å². The second kappa shape index (κ2) is 9.31. The van der Waals surface area contributed by atoms with Gasteiger partial charge in [-0.25, -0.2) is 9.97 Å². The highest BCUT2D eigenvalue weighted by Crippen LogP contribution is 2.20. The molecule has 1 amide bonds. The monoisotopic (exact) mass is 364 g/mol. The van der Waals surface area contributed by atoms with Crippen molar-refractivity contribution < 1.29 is 4.79 Å². The Morgan fingerprint density at radius 1 is 1.19 bits per heavy atom. The van der Waals surface area contributed by atoms with Crippen molar-refractivity contribution in [1.82, 2.24) is 15.3 Å². The molecule has 0 saturated carbocycles. The van der Waals surface area contributed by atoms with Crippen LogP contribution in [0.4, 0.5) is 5.82 Å². The fraction of sp³-hybridized carbons (Fsp3) is 0.409. The van der Waals surface area contributed by atoms with Crippen molar-refractivity contribution in [2.24, 2.45) is 0 Å². The minimum absolute atomic E-state index is 0.0923. The molecule has 5 nitrogen and oxygen atoms in total. The number of hydrogen-bond acceptors (Lipinski definition) is 4. The van der Waals surface area contributed by atoms with Crippen molar-refractivity contribution in [3.8, 4) is 0 Å². The number of carbonyl (C=O) groups excluding carboxylic acids is 1. The molecule has 1 unspecified atom stereocenters. The summed E-state index contributed by atoms with van der Waals surface area (Å²) >= 11 is 0. The van der Waals surface area contributed by atoms with Gasteiger partial charge in [0.1, 0.15) is 17.3 Å². The lowest BCUT2D eigenvalue weighted by atomic mass is 9.97. The van der Waals surface area contributed by atoms with Crippen molar-refractivity contribution in [2.45, 2.75) is 52.0 Å². The molecule has 0 aliphatic heterocycles. The normalized spacial score (nSPS) is 15.0. The van der Waals surface area contributed by atoms with Crippen LogP contribution < -0.4 is 10.6 Å². The van der Waals surface area contributed by atoms with Gasteiger partial charge in [0, 0.05) is 18.7 Å². The van der Waals surface area contributed by atoms with E-state index in [0.29, 0.717) is 23.9 Å². The molecule has 0 spiro atoms. The van der Waals surface area contributed by atoms with Gasteiger partial charge >= 0.3 is 0 Å². The first-order valence-corrected chi connectivity index (χ1v) is 9.75. The molecule has 1 aromatic carbocycles. The Bertz CT molecular complexity index is 801. The van der Waals surface area contributed by atoms with Gasteiger partial charge in [0.25, 0.3) is 5.91 Å². The fourth-order valence-corrected chi connectivity index (χ4v) is 3.36. The molecule has 0 saturated heterocycles. The maximum absolute atomic E-state index is 12.5. The first kappa shape index (κ1) is 19.1. The highest BCUT2D eigenvalue weighted by Gasteiger charge is 2.13. The number of rotatable bonds is 7. The molecule has 142 valence electrons. The van der Waals surface area contributed by atoms with E-state index in [0.717, 1.165) is 12.8 Å². The van der Waals surface area contributed by atoms with Crippen LogP contribution >= 0.6 is 0 Å². The Morgan fingerprint density at radius 3 is 2.74 bits per heavy atom. The third-order valence-electron chi connectivity index (χ3n) is 4.85. The molecule has 1 aliphatic carbocycles. The summed E-state index contributed by atoms with van der Waals surface area (Å²) in [6.07, 6.45) is 8.12. The summed E-state index contributed by atoms with van der Waals surface area (Å²) in [5.74, 6) is 1.10. The lowest BCUT2D eigenvalue weighted by Gasteiger charge is -2.16. The summed E-state index contributed by atoms with van der Waals surface area (Å²) < 4.78 is 0. The Morgan fingerprint density at radius 2 is 2.00 bits per heavy atom. The summed E-state index contributed by atoms with van der Waals surface area (Å²) in [4.78, 5) is 21.2. The minimum atomic E-state index is -0.146. The number of aromatic nitrogens is 2. The summed E-state index contributed by atoms with van der Waals surface area (Å²) in [5.41, 5.74) is 3.03. The smallest absolute Gasteiger partial charge is 0.270 e. The van der Waals surface area contributed by atoms with Gasteiger partial charge in [-0.2, -0.15) is 0 Å². The molecule has 27 heavy (non-hydrogen) atoms. The van der Waals surface area contributed by atoms with Crippen LogP contribution in [0.15, 0.2) is 48.0 Å². The van der Waals surface area contributed by atoms with Crippen LogP contribution in [0.3, 0.4) is 0 Å². The molecule has 2 N–H and O–H groups in total. The fourth-order valence-electron chi connectivity index (χ4n) is 3.36. The Balaban J connectivity index is 1.60. The maximum atomic E-state index is 12.5. The predicted octanol–water partition coefficient (Wildman–Crippen LogP) is 4.58. The van der Waals surface area contributed by atoms with Gasteiger partial charge in [0.05, 0.1) is 0 Å². The van der Waals surface area contributed by atoms with Crippen LogP contribution in [-0.4, -0.2) is 22.4 Å². The van der Waals surface area contributed by atoms with Gasteiger partial charge in [0.2, 0.25) is 0 Å². The molecule has 0 fully saturated rings. The summed E-state index contributed by atoms with van der Waals surface area (Å²) in [6, 6.07) is 12.0. The van der Waals surface area contributed by atoms with E-state index >= 15 is 0 Å². The third kappa shape index (κ3) is 5.64. The van der Waals surface area contributed by atoms with E-state index in [4.69, 9.17) is 0 Å². The van der Waals surface area contributed by atoms with Gasteiger partial charge in [-0.15, -0.1) is 0 Å². The van der Waals surface area contributed by atoms with Crippen LogP contribution in [0.1, 0.15) is 66.9 Å². The Kier molecular flexibility index (Phi) is 6.58. The van der Waals surface area contributed by atoms with E-state index in [1.54, 1.807) is 6.07 Å². The highest BCUT2D eigenvalue weighted by atomic mass is 16.1. The van der Waals surface area contributed by atoms with Crippen molar-refractivity contribution >= 4 is 11.7 Å². The second-order valence-electron chi connectivity index (χ2n) is 7.08. The number of nitrogens with zero attached hydrogens (tertiary/aromatic N) is 2. The van der Waals surface area contributed by atoms with Crippen LogP contribution in [0.2, 0.25) is 0 Å². The van der Waals surface area contributed by atoms with E-state index in [2.05, 4.69) is 45.7 Å². The average Bonchev–Trinajstić information content (AvgIpc) is 2.69. The zero-order chi connectivity index (χ0) is 19.1. The molecule has 5 heteroatoms. The number of benzene rings is 1. The molecule has 0 bridgehead atoms. The largest absolute Gasteiger partial charge is 0.363 e. The van der Waals surface area contributed by atoms with E-state index in [-0.39, 0.29) is 11.9 Å².